The first-order chi connectivity index (χ1) is 7.85. The van der Waals surface area contributed by atoms with E-state index >= 15 is 0 Å². The second kappa shape index (κ2) is 5.19. The largest absolute Gasteiger partial charge is 0.333 e. The van der Waals surface area contributed by atoms with Crippen LogP contribution < -0.4 is 16.0 Å². The van der Waals surface area contributed by atoms with Gasteiger partial charge in [-0.2, -0.15) is 0 Å². The Morgan fingerprint density at radius 3 is 2.47 bits per heavy atom. The summed E-state index contributed by atoms with van der Waals surface area (Å²) in [6.45, 7) is 6.28. The van der Waals surface area contributed by atoms with Crippen molar-refractivity contribution in [3.8, 4) is 0 Å². The Kier molecular flexibility index (Phi) is 4.12. The lowest BCUT2D eigenvalue weighted by Crippen LogP contribution is -2.47. The molecular weight excluding hydrogens is 214 g/mol. The third-order valence-corrected chi connectivity index (χ3v) is 2.36. The standard InChI is InChI=1S/C13H21N3O/c1-13(2,3)15-12(17)16(4)11-8-6-5-7-10(11)9-14/h5-8H,9,14H2,1-4H3,(H,15,17). The number of carbonyl (C=O) groups excluding carboxylic acids is 1. The van der Waals surface area contributed by atoms with E-state index in [9.17, 15) is 4.79 Å². The van der Waals surface area contributed by atoms with Crippen molar-refractivity contribution in [2.75, 3.05) is 11.9 Å². The SMILES string of the molecule is CN(C(=O)NC(C)(C)C)c1ccccc1CN. The van der Waals surface area contributed by atoms with Gasteiger partial charge in [0.25, 0.3) is 0 Å². The number of urea groups is 1. The van der Waals surface area contributed by atoms with Crippen LogP contribution >= 0.6 is 0 Å². The summed E-state index contributed by atoms with van der Waals surface area (Å²) < 4.78 is 0. The minimum atomic E-state index is -0.247. The van der Waals surface area contributed by atoms with Crippen LogP contribution in [-0.2, 0) is 6.54 Å². The summed E-state index contributed by atoms with van der Waals surface area (Å²) >= 11 is 0. The summed E-state index contributed by atoms with van der Waals surface area (Å²) in [5.41, 5.74) is 7.21. The number of nitrogens with two attached hydrogens (primary N) is 1. The van der Waals surface area contributed by atoms with Crippen LogP contribution in [0.3, 0.4) is 0 Å². The van der Waals surface area contributed by atoms with E-state index in [-0.39, 0.29) is 11.6 Å². The molecular formula is C13H21N3O. The number of rotatable bonds is 2. The summed E-state index contributed by atoms with van der Waals surface area (Å²) in [6, 6.07) is 7.51. The Balaban J connectivity index is 2.89. The van der Waals surface area contributed by atoms with Crippen LogP contribution in [0.15, 0.2) is 24.3 Å². The van der Waals surface area contributed by atoms with Gasteiger partial charge in [0, 0.05) is 24.8 Å². The molecule has 0 radical (unpaired) electrons. The van der Waals surface area contributed by atoms with Gasteiger partial charge in [0.1, 0.15) is 0 Å². The summed E-state index contributed by atoms with van der Waals surface area (Å²) in [4.78, 5) is 13.6. The average Bonchev–Trinajstić information content (AvgIpc) is 2.25. The molecule has 1 rings (SSSR count). The molecule has 0 bridgehead atoms. The number of para-hydroxylation sites is 1. The molecule has 4 heteroatoms. The predicted octanol–water partition coefficient (Wildman–Crippen LogP) is 2.09. The van der Waals surface area contributed by atoms with Crippen molar-refractivity contribution in [1.82, 2.24) is 5.32 Å². The molecule has 0 saturated heterocycles. The molecule has 1 aromatic carbocycles. The maximum Gasteiger partial charge on any atom is 0.322 e. The zero-order valence-electron chi connectivity index (χ0n) is 10.9. The van der Waals surface area contributed by atoms with E-state index < -0.39 is 0 Å². The maximum absolute atomic E-state index is 12.0. The number of anilines is 1. The van der Waals surface area contributed by atoms with Crippen LogP contribution in [0.25, 0.3) is 0 Å². The van der Waals surface area contributed by atoms with Crippen LogP contribution in [0.5, 0.6) is 0 Å². The Morgan fingerprint density at radius 1 is 1.35 bits per heavy atom. The fourth-order valence-electron chi connectivity index (χ4n) is 1.52. The van der Waals surface area contributed by atoms with Gasteiger partial charge in [-0.3, -0.25) is 4.90 Å². The molecule has 0 saturated carbocycles. The van der Waals surface area contributed by atoms with Gasteiger partial charge < -0.3 is 11.1 Å². The first kappa shape index (κ1) is 13.5. The van der Waals surface area contributed by atoms with E-state index in [1.165, 1.54) is 0 Å². The van der Waals surface area contributed by atoms with Gasteiger partial charge >= 0.3 is 6.03 Å². The van der Waals surface area contributed by atoms with Crippen molar-refractivity contribution >= 4 is 11.7 Å². The Bertz CT molecular complexity index is 396. The van der Waals surface area contributed by atoms with Gasteiger partial charge in [-0.1, -0.05) is 18.2 Å². The highest BCUT2D eigenvalue weighted by molar-refractivity contribution is 5.92. The summed E-state index contributed by atoms with van der Waals surface area (Å²) in [6.07, 6.45) is 0. The second-order valence-electron chi connectivity index (χ2n) is 5.07. The Morgan fingerprint density at radius 2 is 1.94 bits per heavy atom. The lowest BCUT2D eigenvalue weighted by Gasteiger charge is -2.26. The summed E-state index contributed by atoms with van der Waals surface area (Å²) in [7, 11) is 1.75. The van der Waals surface area contributed by atoms with Crippen LogP contribution in [0, 0.1) is 0 Å². The maximum atomic E-state index is 12.0. The molecule has 0 aliphatic heterocycles. The molecule has 0 spiro atoms. The van der Waals surface area contributed by atoms with Crippen LogP contribution in [0.2, 0.25) is 0 Å². The van der Waals surface area contributed by atoms with Crippen molar-refractivity contribution in [3.63, 3.8) is 0 Å². The van der Waals surface area contributed by atoms with Crippen molar-refractivity contribution in [2.24, 2.45) is 5.73 Å². The van der Waals surface area contributed by atoms with E-state index in [0.717, 1.165) is 11.3 Å². The summed E-state index contributed by atoms with van der Waals surface area (Å²) in [5, 5.41) is 2.91. The van der Waals surface area contributed by atoms with E-state index in [2.05, 4.69) is 5.32 Å². The molecule has 0 heterocycles. The lowest BCUT2D eigenvalue weighted by molar-refractivity contribution is 0.239. The minimum Gasteiger partial charge on any atom is -0.333 e. The number of hydrogen-bond acceptors (Lipinski definition) is 2. The third kappa shape index (κ3) is 3.75. The molecule has 17 heavy (non-hydrogen) atoms. The van der Waals surface area contributed by atoms with Crippen LogP contribution in [0.4, 0.5) is 10.5 Å². The molecule has 4 nitrogen and oxygen atoms in total. The zero-order chi connectivity index (χ0) is 13.1. The zero-order valence-corrected chi connectivity index (χ0v) is 10.9. The molecule has 0 aliphatic rings. The first-order valence-corrected chi connectivity index (χ1v) is 5.69. The molecule has 94 valence electrons. The number of nitrogens with zero attached hydrogens (tertiary/aromatic N) is 1. The quantitative estimate of drug-likeness (QED) is 0.824. The van der Waals surface area contributed by atoms with Gasteiger partial charge in [0.2, 0.25) is 0 Å². The normalized spacial score (nSPS) is 11.1. The molecule has 1 aromatic rings. The highest BCUT2D eigenvalue weighted by atomic mass is 16.2. The highest BCUT2D eigenvalue weighted by Crippen LogP contribution is 2.19. The van der Waals surface area contributed by atoms with E-state index in [1.54, 1.807) is 11.9 Å². The van der Waals surface area contributed by atoms with Gasteiger partial charge in [0.15, 0.2) is 0 Å². The van der Waals surface area contributed by atoms with Gasteiger partial charge in [-0.15, -0.1) is 0 Å². The molecule has 0 fully saturated rings. The van der Waals surface area contributed by atoms with E-state index in [1.807, 2.05) is 45.0 Å². The Labute approximate surface area is 103 Å². The Hall–Kier alpha value is -1.55. The molecule has 2 amide bonds. The topological polar surface area (TPSA) is 58.4 Å². The van der Waals surface area contributed by atoms with Crippen LogP contribution in [0.1, 0.15) is 26.3 Å². The average molecular weight is 235 g/mol. The number of hydrogen-bond donors (Lipinski definition) is 2. The minimum absolute atomic E-state index is 0.126. The number of benzene rings is 1. The molecule has 0 aromatic heterocycles. The highest BCUT2D eigenvalue weighted by Gasteiger charge is 2.19. The third-order valence-electron chi connectivity index (χ3n) is 2.36. The van der Waals surface area contributed by atoms with E-state index in [4.69, 9.17) is 5.73 Å². The second-order valence-corrected chi connectivity index (χ2v) is 5.07. The molecule has 3 N–H and O–H groups in total. The fourth-order valence-corrected chi connectivity index (χ4v) is 1.52. The number of nitrogens with one attached hydrogen (secondary N) is 1. The fraction of sp³-hybridized carbons (Fsp3) is 0.462. The van der Waals surface area contributed by atoms with Gasteiger partial charge in [-0.05, 0) is 32.4 Å². The van der Waals surface area contributed by atoms with Crippen molar-refractivity contribution in [3.05, 3.63) is 29.8 Å². The summed E-state index contributed by atoms with van der Waals surface area (Å²) in [5.74, 6) is 0. The smallest absolute Gasteiger partial charge is 0.322 e. The van der Waals surface area contributed by atoms with E-state index in [0.29, 0.717) is 6.54 Å². The van der Waals surface area contributed by atoms with Crippen molar-refractivity contribution < 1.29 is 4.79 Å². The predicted molar refractivity (Wildman–Crippen MR) is 71.0 cm³/mol. The van der Waals surface area contributed by atoms with Gasteiger partial charge in [0.05, 0.1) is 0 Å². The van der Waals surface area contributed by atoms with Gasteiger partial charge in [-0.25, -0.2) is 4.79 Å². The molecule has 0 aliphatic carbocycles. The van der Waals surface area contributed by atoms with Crippen molar-refractivity contribution in [2.45, 2.75) is 32.9 Å². The van der Waals surface area contributed by atoms with Crippen molar-refractivity contribution in [1.29, 1.82) is 0 Å². The lowest BCUT2D eigenvalue weighted by atomic mass is 10.1. The number of amides is 2. The molecule has 0 atom stereocenters. The molecule has 0 unspecified atom stereocenters. The van der Waals surface area contributed by atoms with Crippen LogP contribution in [-0.4, -0.2) is 18.6 Å². The monoisotopic (exact) mass is 235 g/mol. The number of carbonyl (C=O) groups is 1. The first-order valence-electron chi connectivity index (χ1n) is 5.69.